The molecule has 0 spiro atoms. The van der Waals surface area contributed by atoms with Crippen molar-refractivity contribution in [2.24, 2.45) is 10.3 Å². The van der Waals surface area contributed by atoms with Crippen molar-refractivity contribution in [3.05, 3.63) is 21.3 Å². The monoisotopic (exact) mass is 403 g/mol. The highest BCUT2D eigenvalue weighted by atomic mass is 127. The van der Waals surface area contributed by atoms with E-state index >= 15 is 0 Å². The van der Waals surface area contributed by atoms with Crippen molar-refractivity contribution < 1.29 is 14.3 Å². The first-order chi connectivity index (χ1) is 10.2. The molecular weight excluding hydrogens is 385 g/mol. The van der Waals surface area contributed by atoms with Crippen LogP contribution in [0.15, 0.2) is 22.5 Å². The number of esters is 1. The fraction of sp³-hybridized carbons (Fsp3) is 0.500. The Hall–Kier alpha value is -1.38. The summed E-state index contributed by atoms with van der Waals surface area (Å²) in [5.41, 5.74) is 1.08. The van der Waals surface area contributed by atoms with Crippen molar-refractivity contribution in [1.82, 2.24) is 5.01 Å². The molecule has 1 saturated heterocycles. The lowest BCUT2D eigenvalue weighted by molar-refractivity contribution is 0.0600. The van der Waals surface area contributed by atoms with Crippen molar-refractivity contribution >= 4 is 34.2 Å². The number of methoxy groups -OCH3 is 2. The third-order valence-electron chi connectivity index (χ3n) is 3.27. The first kappa shape index (κ1) is 16.0. The fourth-order valence-electron chi connectivity index (χ4n) is 2.14. The molecule has 0 unspecified atom stereocenters. The van der Waals surface area contributed by atoms with Gasteiger partial charge in [0.1, 0.15) is 11.4 Å². The maximum Gasteiger partial charge on any atom is 0.338 e. The van der Waals surface area contributed by atoms with Crippen LogP contribution in [0.3, 0.4) is 0 Å². The molecule has 2 rings (SSSR count). The Morgan fingerprint density at radius 2 is 1.95 bits per heavy atom. The molecule has 114 valence electrons. The van der Waals surface area contributed by atoms with Crippen molar-refractivity contribution in [2.75, 3.05) is 27.3 Å². The van der Waals surface area contributed by atoms with Gasteiger partial charge in [-0.3, -0.25) is 5.01 Å². The van der Waals surface area contributed by atoms with Gasteiger partial charge >= 0.3 is 5.97 Å². The van der Waals surface area contributed by atoms with Gasteiger partial charge in [-0.15, -0.1) is 5.11 Å². The zero-order chi connectivity index (χ0) is 15.2. The summed E-state index contributed by atoms with van der Waals surface area (Å²) in [5, 5.41) is 10.5. The molecule has 0 radical (unpaired) electrons. The number of ether oxygens (including phenoxy) is 2. The van der Waals surface area contributed by atoms with E-state index in [0.717, 1.165) is 29.5 Å². The van der Waals surface area contributed by atoms with Gasteiger partial charge in [0.2, 0.25) is 0 Å². The van der Waals surface area contributed by atoms with Gasteiger partial charge in [-0.1, -0.05) is 5.22 Å². The second-order valence-corrected chi connectivity index (χ2v) is 5.87. The predicted octanol–water partition coefficient (Wildman–Crippen LogP) is 3.57. The second kappa shape index (κ2) is 7.58. The lowest BCUT2D eigenvalue weighted by Crippen LogP contribution is -2.23. The van der Waals surface area contributed by atoms with Gasteiger partial charge in [0, 0.05) is 16.7 Å². The zero-order valence-corrected chi connectivity index (χ0v) is 14.3. The highest BCUT2D eigenvalue weighted by Crippen LogP contribution is 2.34. The van der Waals surface area contributed by atoms with Crippen molar-refractivity contribution in [1.29, 1.82) is 0 Å². The highest BCUT2D eigenvalue weighted by molar-refractivity contribution is 14.1. The summed E-state index contributed by atoms with van der Waals surface area (Å²) in [6, 6.07) is 3.35. The van der Waals surface area contributed by atoms with Gasteiger partial charge < -0.3 is 9.47 Å². The molecule has 0 aromatic heterocycles. The molecule has 0 bridgehead atoms. The predicted molar refractivity (Wildman–Crippen MR) is 87.0 cm³/mol. The van der Waals surface area contributed by atoms with Crippen LogP contribution in [-0.4, -0.2) is 38.3 Å². The minimum absolute atomic E-state index is 0.397. The van der Waals surface area contributed by atoms with Crippen LogP contribution in [0.2, 0.25) is 0 Å². The lowest BCUT2D eigenvalue weighted by Gasteiger charge is -2.22. The fourth-order valence-corrected chi connectivity index (χ4v) is 2.85. The van der Waals surface area contributed by atoms with Crippen molar-refractivity contribution in [3.8, 4) is 5.75 Å². The minimum Gasteiger partial charge on any atom is -0.494 e. The average Bonchev–Trinajstić information content (AvgIpc) is 2.53. The van der Waals surface area contributed by atoms with Crippen LogP contribution in [0.5, 0.6) is 5.75 Å². The Bertz CT molecular complexity index is 543. The van der Waals surface area contributed by atoms with Crippen molar-refractivity contribution in [2.45, 2.75) is 19.3 Å². The molecule has 1 fully saturated rings. The van der Waals surface area contributed by atoms with E-state index in [0.29, 0.717) is 17.0 Å². The summed E-state index contributed by atoms with van der Waals surface area (Å²) in [4.78, 5) is 11.6. The molecule has 1 aromatic carbocycles. The zero-order valence-electron chi connectivity index (χ0n) is 12.1. The van der Waals surface area contributed by atoms with Gasteiger partial charge in [0.15, 0.2) is 0 Å². The molecule has 6 nitrogen and oxygen atoms in total. The molecule has 0 saturated carbocycles. The van der Waals surface area contributed by atoms with Crippen LogP contribution in [-0.2, 0) is 4.74 Å². The number of benzene rings is 1. The number of carbonyl (C=O) groups is 1. The Balaban J connectivity index is 2.25. The maximum absolute atomic E-state index is 11.6. The third kappa shape index (κ3) is 4.05. The standard InChI is InChI=1S/C14H18IN3O3/c1-20-12-9-10(14(19)21-2)8-11(15)13(12)16-17-18-6-4-3-5-7-18/h8-9H,3-7H2,1-2H3/b17-16+. The summed E-state index contributed by atoms with van der Waals surface area (Å²) < 4.78 is 10.8. The van der Waals surface area contributed by atoms with Gasteiger partial charge in [-0.2, -0.15) is 0 Å². The number of hydrogen-bond donors (Lipinski definition) is 0. The number of nitrogens with zero attached hydrogens (tertiary/aromatic N) is 3. The summed E-state index contributed by atoms with van der Waals surface area (Å²) in [6.07, 6.45) is 3.55. The molecule has 0 atom stereocenters. The van der Waals surface area contributed by atoms with E-state index in [1.807, 2.05) is 5.01 Å². The molecule has 21 heavy (non-hydrogen) atoms. The van der Waals surface area contributed by atoms with E-state index in [1.165, 1.54) is 13.5 Å². The number of hydrogen-bond acceptors (Lipinski definition) is 5. The van der Waals surface area contributed by atoms with Crippen LogP contribution in [0.4, 0.5) is 5.69 Å². The Morgan fingerprint density at radius 3 is 2.57 bits per heavy atom. The Kier molecular flexibility index (Phi) is 5.77. The molecule has 0 N–H and O–H groups in total. The molecule has 7 heteroatoms. The van der Waals surface area contributed by atoms with Crippen LogP contribution in [0.25, 0.3) is 0 Å². The first-order valence-corrected chi connectivity index (χ1v) is 7.86. The van der Waals surface area contributed by atoms with E-state index in [4.69, 9.17) is 9.47 Å². The maximum atomic E-state index is 11.6. The number of rotatable bonds is 4. The molecule has 0 aliphatic carbocycles. The van der Waals surface area contributed by atoms with Crippen LogP contribution < -0.4 is 4.74 Å². The number of piperidine rings is 1. The second-order valence-electron chi connectivity index (χ2n) is 4.70. The average molecular weight is 403 g/mol. The molecule has 1 aromatic rings. The molecule has 1 heterocycles. The van der Waals surface area contributed by atoms with Crippen LogP contribution in [0, 0.1) is 3.57 Å². The third-order valence-corrected chi connectivity index (χ3v) is 4.10. The van der Waals surface area contributed by atoms with Crippen LogP contribution in [0.1, 0.15) is 29.6 Å². The summed E-state index contributed by atoms with van der Waals surface area (Å²) in [7, 11) is 2.90. The topological polar surface area (TPSA) is 63.5 Å². The van der Waals surface area contributed by atoms with Crippen LogP contribution >= 0.6 is 22.6 Å². The van der Waals surface area contributed by atoms with Gasteiger partial charge in [-0.25, -0.2) is 4.79 Å². The molecular formula is C14H18IN3O3. The quantitative estimate of drug-likeness (QED) is 0.438. The van der Waals surface area contributed by atoms with E-state index < -0.39 is 5.97 Å². The smallest absolute Gasteiger partial charge is 0.338 e. The van der Waals surface area contributed by atoms with Crippen molar-refractivity contribution in [3.63, 3.8) is 0 Å². The van der Waals surface area contributed by atoms with E-state index in [9.17, 15) is 4.79 Å². The van der Waals surface area contributed by atoms with E-state index in [1.54, 1.807) is 19.2 Å². The summed E-state index contributed by atoms with van der Waals surface area (Å²) in [5.74, 6) is 0.119. The number of halogens is 1. The molecule has 1 aliphatic heterocycles. The van der Waals surface area contributed by atoms with E-state index in [2.05, 4.69) is 32.9 Å². The van der Waals surface area contributed by atoms with Gasteiger partial charge in [-0.05, 0) is 54.0 Å². The normalized spacial score (nSPS) is 15.3. The van der Waals surface area contributed by atoms with Gasteiger partial charge in [0.05, 0.1) is 19.8 Å². The summed E-state index contributed by atoms with van der Waals surface area (Å²) >= 11 is 2.12. The SMILES string of the molecule is COC(=O)c1cc(I)c(/N=N/N2CCCCC2)c(OC)c1. The molecule has 1 aliphatic rings. The Morgan fingerprint density at radius 1 is 1.24 bits per heavy atom. The van der Waals surface area contributed by atoms with Gasteiger partial charge in [0.25, 0.3) is 0 Å². The largest absolute Gasteiger partial charge is 0.494 e. The van der Waals surface area contributed by atoms with E-state index in [-0.39, 0.29) is 0 Å². The highest BCUT2D eigenvalue weighted by Gasteiger charge is 2.15. The summed E-state index contributed by atoms with van der Waals surface area (Å²) in [6.45, 7) is 1.87. The molecule has 0 amide bonds. The number of carbonyl (C=O) groups excluding carboxylic acids is 1. The minimum atomic E-state index is -0.397. The first-order valence-electron chi connectivity index (χ1n) is 6.78. The Labute approximate surface area is 137 Å². The lowest BCUT2D eigenvalue weighted by atomic mass is 10.2.